The van der Waals surface area contributed by atoms with Gasteiger partial charge in [0.1, 0.15) is 0 Å². The van der Waals surface area contributed by atoms with Gasteiger partial charge < -0.3 is 15.4 Å². The zero-order chi connectivity index (χ0) is 27.2. The van der Waals surface area contributed by atoms with Crippen molar-refractivity contribution in [2.75, 3.05) is 23.1 Å². The summed E-state index contributed by atoms with van der Waals surface area (Å²) in [5, 5.41) is 6.63. The molecule has 1 saturated heterocycles. The second kappa shape index (κ2) is 11.7. The molecule has 2 aromatic heterocycles. The van der Waals surface area contributed by atoms with E-state index in [0.717, 1.165) is 38.1 Å². The number of hydrogen-bond donors (Lipinski definition) is 3. The molecule has 2 aromatic carbocycles. The van der Waals surface area contributed by atoms with E-state index in [9.17, 15) is 17.2 Å². The number of pyridine rings is 1. The number of benzene rings is 2. The van der Waals surface area contributed by atoms with Crippen molar-refractivity contribution in [3.8, 4) is 22.9 Å². The number of halogens is 2. The molecule has 0 bridgehead atoms. The summed E-state index contributed by atoms with van der Waals surface area (Å²) < 4.78 is 62.6. The van der Waals surface area contributed by atoms with Gasteiger partial charge in [-0.2, -0.15) is 0 Å². The SMILES string of the molecule is O=S(=O)(Cc1ccccc1)Nc1cc(F)c(Oc2ncccc2-c2ccnc(N[C@H]3CCCNC3)n2)cc1F. The van der Waals surface area contributed by atoms with Crippen LogP contribution < -0.4 is 20.1 Å². The quantitative estimate of drug-likeness (QED) is 0.273. The highest BCUT2D eigenvalue weighted by atomic mass is 32.2. The molecule has 3 N–H and O–H groups in total. The lowest BCUT2D eigenvalue weighted by Gasteiger charge is -2.23. The van der Waals surface area contributed by atoms with Crippen LogP contribution in [0.25, 0.3) is 11.3 Å². The summed E-state index contributed by atoms with van der Waals surface area (Å²) in [7, 11) is -3.99. The van der Waals surface area contributed by atoms with Gasteiger partial charge in [-0.05, 0) is 43.1 Å². The predicted molar refractivity (Wildman–Crippen MR) is 144 cm³/mol. The van der Waals surface area contributed by atoms with Crippen molar-refractivity contribution in [1.82, 2.24) is 20.3 Å². The minimum atomic E-state index is -3.99. The number of rotatable bonds is 9. The van der Waals surface area contributed by atoms with Gasteiger partial charge in [-0.15, -0.1) is 0 Å². The second-order valence-corrected chi connectivity index (χ2v) is 10.7. The first-order chi connectivity index (χ1) is 18.9. The van der Waals surface area contributed by atoms with Crippen LogP contribution in [0.5, 0.6) is 11.6 Å². The maximum absolute atomic E-state index is 15.0. The van der Waals surface area contributed by atoms with E-state index in [1.807, 2.05) is 0 Å². The molecule has 1 fully saturated rings. The van der Waals surface area contributed by atoms with Crippen LogP contribution in [0.2, 0.25) is 0 Å². The van der Waals surface area contributed by atoms with Crippen molar-refractivity contribution in [3.63, 3.8) is 0 Å². The van der Waals surface area contributed by atoms with Crippen molar-refractivity contribution >= 4 is 21.7 Å². The average molecular weight is 553 g/mol. The Balaban J connectivity index is 1.35. The Morgan fingerprint density at radius 1 is 1.00 bits per heavy atom. The Morgan fingerprint density at radius 2 is 1.85 bits per heavy atom. The third-order valence-electron chi connectivity index (χ3n) is 6.03. The van der Waals surface area contributed by atoms with Gasteiger partial charge in [-0.1, -0.05) is 30.3 Å². The number of aromatic nitrogens is 3. The van der Waals surface area contributed by atoms with Gasteiger partial charge in [0.05, 0.1) is 22.7 Å². The molecule has 39 heavy (non-hydrogen) atoms. The number of nitrogens with zero attached hydrogens (tertiary/aromatic N) is 3. The highest BCUT2D eigenvalue weighted by molar-refractivity contribution is 7.91. The standard InChI is InChI=1S/C27H26F2N6O3S/c28-21-15-25(22(29)14-24(21)35-39(36,37)17-18-6-2-1-3-7-18)38-26-20(9-5-12-31-26)23-10-13-32-27(34-23)33-19-8-4-11-30-16-19/h1-3,5-7,9-10,12-15,19,30,35H,4,8,11,16-17H2,(H,32,33,34)/t19-/m0/s1. The summed E-state index contributed by atoms with van der Waals surface area (Å²) in [4.78, 5) is 13.0. The van der Waals surface area contributed by atoms with E-state index < -0.39 is 38.8 Å². The molecule has 0 radical (unpaired) electrons. The maximum Gasteiger partial charge on any atom is 0.237 e. The van der Waals surface area contributed by atoms with Gasteiger partial charge in [0.2, 0.25) is 21.9 Å². The molecule has 0 saturated carbocycles. The van der Waals surface area contributed by atoms with Crippen molar-refractivity contribution in [2.45, 2.75) is 24.6 Å². The number of ether oxygens (including phenoxy) is 1. The maximum atomic E-state index is 15.0. The molecular formula is C27H26F2N6O3S. The van der Waals surface area contributed by atoms with Gasteiger partial charge in [-0.3, -0.25) is 4.72 Å². The fourth-order valence-electron chi connectivity index (χ4n) is 4.19. The van der Waals surface area contributed by atoms with Crippen LogP contribution in [-0.4, -0.2) is 42.5 Å². The van der Waals surface area contributed by atoms with E-state index in [2.05, 4.69) is 30.3 Å². The zero-order valence-corrected chi connectivity index (χ0v) is 21.6. The van der Waals surface area contributed by atoms with Gasteiger partial charge in [0.25, 0.3) is 0 Å². The first-order valence-corrected chi connectivity index (χ1v) is 14.0. The number of piperidine rings is 1. The van der Waals surface area contributed by atoms with Crippen molar-refractivity contribution in [1.29, 1.82) is 0 Å². The Bertz CT molecular complexity index is 1550. The lowest BCUT2D eigenvalue weighted by Crippen LogP contribution is -2.38. The largest absolute Gasteiger partial charge is 0.435 e. The van der Waals surface area contributed by atoms with Crippen LogP contribution in [0.3, 0.4) is 0 Å². The third kappa shape index (κ3) is 6.84. The Kier molecular flexibility index (Phi) is 7.94. The van der Waals surface area contributed by atoms with Gasteiger partial charge in [-0.25, -0.2) is 32.2 Å². The molecule has 202 valence electrons. The summed E-state index contributed by atoms with van der Waals surface area (Å²) >= 11 is 0. The van der Waals surface area contributed by atoms with E-state index in [1.165, 1.54) is 6.20 Å². The topological polar surface area (TPSA) is 118 Å². The molecule has 1 aliphatic rings. The molecule has 1 aliphatic heterocycles. The highest BCUT2D eigenvalue weighted by Gasteiger charge is 2.20. The fraction of sp³-hybridized carbons (Fsp3) is 0.222. The predicted octanol–water partition coefficient (Wildman–Crippen LogP) is 4.71. The molecule has 0 unspecified atom stereocenters. The second-order valence-electron chi connectivity index (χ2n) is 9.02. The normalized spacial score (nSPS) is 15.5. The van der Waals surface area contributed by atoms with Crippen molar-refractivity contribution < 1.29 is 21.9 Å². The molecule has 9 nitrogen and oxygen atoms in total. The molecule has 0 spiro atoms. The number of nitrogens with one attached hydrogen (secondary N) is 3. The summed E-state index contributed by atoms with van der Waals surface area (Å²) in [5.74, 6) is -2.40. The molecule has 0 aliphatic carbocycles. The van der Waals surface area contributed by atoms with Crippen LogP contribution in [0, 0.1) is 11.6 Å². The van der Waals surface area contributed by atoms with Crippen molar-refractivity contribution in [2.24, 2.45) is 0 Å². The van der Waals surface area contributed by atoms with Crippen LogP contribution in [0.4, 0.5) is 20.4 Å². The van der Waals surface area contributed by atoms with Crippen LogP contribution in [0.1, 0.15) is 18.4 Å². The van der Waals surface area contributed by atoms with E-state index in [0.29, 0.717) is 22.8 Å². The minimum Gasteiger partial charge on any atom is -0.435 e. The van der Waals surface area contributed by atoms with Gasteiger partial charge in [0, 0.05) is 37.1 Å². The highest BCUT2D eigenvalue weighted by Crippen LogP contribution is 2.34. The zero-order valence-electron chi connectivity index (χ0n) is 20.8. The number of anilines is 2. The first-order valence-electron chi connectivity index (χ1n) is 12.3. The molecule has 3 heterocycles. The van der Waals surface area contributed by atoms with Crippen LogP contribution in [0.15, 0.2) is 73.1 Å². The number of sulfonamides is 1. The van der Waals surface area contributed by atoms with E-state index in [-0.39, 0.29) is 11.9 Å². The molecule has 0 amide bonds. The van der Waals surface area contributed by atoms with Gasteiger partial charge in [0.15, 0.2) is 17.4 Å². The van der Waals surface area contributed by atoms with Crippen LogP contribution in [-0.2, 0) is 15.8 Å². The Hall–Kier alpha value is -4.16. The summed E-state index contributed by atoms with van der Waals surface area (Å²) in [5.41, 5.74) is 0.899. The molecular weight excluding hydrogens is 526 g/mol. The van der Waals surface area contributed by atoms with Crippen molar-refractivity contribution in [3.05, 3.63) is 90.3 Å². The van der Waals surface area contributed by atoms with E-state index >= 15 is 0 Å². The third-order valence-corrected chi connectivity index (χ3v) is 7.27. The molecule has 4 aromatic rings. The van der Waals surface area contributed by atoms with Crippen LogP contribution >= 0.6 is 0 Å². The van der Waals surface area contributed by atoms with E-state index in [4.69, 9.17) is 4.74 Å². The lowest BCUT2D eigenvalue weighted by atomic mass is 10.1. The molecule has 5 rings (SSSR count). The minimum absolute atomic E-state index is 0.00260. The summed E-state index contributed by atoms with van der Waals surface area (Å²) in [6, 6.07) is 15.1. The molecule has 12 heteroatoms. The van der Waals surface area contributed by atoms with E-state index in [1.54, 1.807) is 54.7 Å². The number of hydrogen-bond acceptors (Lipinski definition) is 8. The van der Waals surface area contributed by atoms with Gasteiger partial charge >= 0.3 is 0 Å². The summed E-state index contributed by atoms with van der Waals surface area (Å²) in [6.45, 7) is 1.78. The lowest BCUT2D eigenvalue weighted by molar-refractivity contribution is 0.424. The Labute approximate surface area is 224 Å². The Morgan fingerprint density at radius 3 is 2.64 bits per heavy atom. The average Bonchev–Trinajstić information content (AvgIpc) is 2.93. The summed E-state index contributed by atoms with van der Waals surface area (Å²) in [6.07, 6.45) is 5.08. The molecule has 1 atom stereocenters. The fourth-order valence-corrected chi connectivity index (χ4v) is 5.38. The smallest absolute Gasteiger partial charge is 0.237 e. The monoisotopic (exact) mass is 552 g/mol. The first kappa shape index (κ1) is 26.4.